The van der Waals surface area contributed by atoms with Gasteiger partial charge in [-0.3, -0.25) is 14.4 Å². The van der Waals surface area contributed by atoms with Crippen molar-refractivity contribution >= 4 is 17.5 Å². The summed E-state index contributed by atoms with van der Waals surface area (Å²) in [5.41, 5.74) is 0. The van der Waals surface area contributed by atoms with Crippen molar-refractivity contribution in [2.24, 2.45) is 0 Å². The first-order valence-electron chi connectivity index (χ1n) is 8.54. The molecule has 0 aliphatic rings. The largest absolute Gasteiger partial charge is 0.377 e. The van der Waals surface area contributed by atoms with Crippen molar-refractivity contribution in [3.05, 3.63) is 0 Å². The van der Waals surface area contributed by atoms with E-state index in [4.69, 9.17) is 9.47 Å². The van der Waals surface area contributed by atoms with Gasteiger partial charge in [0.05, 0.1) is 19.8 Å². The summed E-state index contributed by atoms with van der Waals surface area (Å²) in [5.74, 6) is 0.175. The maximum Gasteiger partial charge on any atom is 0.246 e. The first-order valence-corrected chi connectivity index (χ1v) is 8.54. The number of hydrogen-bond acceptors (Lipinski definition) is 6. The summed E-state index contributed by atoms with van der Waals surface area (Å²) in [6.07, 6.45) is 4.26. The molecule has 140 valence electrons. The monoisotopic (exact) mass is 345 g/mol. The van der Waals surface area contributed by atoms with Gasteiger partial charge >= 0.3 is 0 Å². The van der Waals surface area contributed by atoms with Crippen molar-refractivity contribution < 1.29 is 28.6 Å². The molecular formula is C17H31NO6. The van der Waals surface area contributed by atoms with Crippen LogP contribution in [0.25, 0.3) is 0 Å². The third-order valence-electron chi connectivity index (χ3n) is 3.28. The van der Waals surface area contributed by atoms with Crippen molar-refractivity contribution in [1.82, 2.24) is 5.32 Å². The lowest BCUT2D eigenvalue weighted by Gasteiger charge is -2.07. The van der Waals surface area contributed by atoms with Gasteiger partial charge in [0.15, 0.2) is 5.78 Å². The number of Topliss-reactive ketones (excluding diaryl/α,β-unsaturated/α-hetero) is 2. The maximum atomic E-state index is 11.6. The number of amides is 1. The average Bonchev–Trinajstić information content (AvgIpc) is 2.56. The van der Waals surface area contributed by atoms with Crippen LogP contribution in [0.5, 0.6) is 0 Å². The topological polar surface area (TPSA) is 90.9 Å². The molecule has 0 saturated heterocycles. The Kier molecular flexibility index (Phi) is 15.6. The highest BCUT2D eigenvalue weighted by molar-refractivity contribution is 5.79. The second kappa shape index (κ2) is 16.5. The number of carbonyl (C=O) groups excluding carboxylic acids is 3. The Balaban J connectivity index is 3.29. The van der Waals surface area contributed by atoms with Gasteiger partial charge < -0.3 is 19.5 Å². The number of carbonyl (C=O) groups is 3. The molecule has 0 fully saturated rings. The van der Waals surface area contributed by atoms with Gasteiger partial charge in [0.1, 0.15) is 19.0 Å². The van der Waals surface area contributed by atoms with Gasteiger partial charge in [-0.15, -0.1) is 0 Å². The lowest BCUT2D eigenvalue weighted by Crippen LogP contribution is -2.30. The molecule has 1 N–H and O–H groups in total. The minimum atomic E-state index is -0.179. The lowest BCUT2D eigenvalue weighted by atomic mass is 10.1. The predicted octanol–water partition coefficient (Wildman–Crippen LogP) is 1.28. The summed E-state index contributed by atoms with van der Waals surface area (Å²) in [6, 6.07) is 0. The van der Waals surface area contributed by atoms with Crippen LogP contribution >= 0.6 is 0 Å². The maximum absolute atomic E-state index is 11.6. The number of rotatable bonds is 17. The van der Waals surface area contributed by atoms with E-state index in [1.165, 1.54) is 7.11 Å². The summed E-state index contributed by atoms with van der Waals surface area (Å²) in [5, 5.41) is 2.63. The molecule has 0 aliphatic heterocycles. The van der Waals surface area contributed by atoms with Gasteiger partial charge in [-0.05, 0) is 12.8 Å². The van der Waals surface area contributed by atoms with Crippen molar-refractivity contribution in [3.8, 4) is 0 Å². The van der Waals surface area contributed by atoms with E-state index in [0.29, 0.717) is 45.6 Å². The van der Waals surface area contributed by atoms with Gasteiger partial charge in [0.25, 0.3) is 0 Å². The average molecular weight is 345 g/mol. The third kappa shape index (κ3) is 15.6. The summed E-state index contributed by atoms with van der Waals surface area (Å²) in [6.45, 7) is 3.55. The number of methoxy groups -OCH3 is 1. The predicted molar refractivity (Wildman–Crippen MR) is 89.9 cm³/mol. The smallest absolute Gasteiger partial charge is 0.246 e. The quantitative estimate of drug-likeness (QED) is 0.399. The van der Waals surface area contributed by atoms with E-state index in [-0.39, 0.29) is 30.7 Å². The Labute approximate surface area is 144 Å². The van der Waals surface area contributed by atoms with Crippen LogP contribution in [0.4, 0.5) is 0 Å². The second-order valence-electron chi connectivity index (χ2n) is 5.44. The molecule has 0 atom stereocenters. The Morgan fingerprint density at radius 1 is 0.833 bits per heavy atom. The normalized spacial score (nSPS) is 10.6. The molecule has 1 amide bonds. The molecule has 0 radical (unpaired) electrons. The van der Waals surface area contributed by atoms with Crippen LogP contribution in [0.3, 0.4) is 0 Å². The fourth-order valence-electron chi connectivity index (χ4n) is 1.92. The van der Waals surface area contributed by atoms with Crippen molar-refractivity contribution in [3.63, 3.8) is 0 Å². The van der Waals surface area contributed by atoms with Crippen molar-refractivity contribution in [2.75, 3.05) is 46.7 Å². The standard InChI is InChI=1S/C17H31NO6/c1-3-15(19)7-5-4-6-8-16(20)13-24-12-11-23-10-9-18-17(21)14-22-2/h3-14H2,1-2H3,(H,18,21). The molecule has 7 nitrogen and oxygen atoms in total. The molecule has 0 rings (SSSR count). The highest BCUT2D eigenvalue weighted by atomic mass is 16.5. The van der Waals surface area contributed by atoms with Gasteiger partial charge in [-0.2, -0.15) is 0 Å². The first kappa shape index (κ1) is 22.7. The van der Waals surface area contributed by atoms with Crippen LogP contribution in [0, 0.1) is 0 Å². The summed E-state index contributed by atoms with van der Waals surface area (Å²) >= 11 is 0. The highest BCUT2D eigenvalue weighted by Gasteiger charge is 2.03. The van der Waals surface area contributed by atoms with Crippen molar-refractivity contribution in [2.45, 2.75) is 45.4 Å². The Bertz CT molecular complexity index is 359. The zero-order valence-electron chi connectivity index (χ0n) is 14.9. The van der Waals surface area contributed by atoms with E-state index in [1.54, 1.807) is 0 Å². The molecule has 0 heterocycles. The molecule has 0 aromatic heterocycles. The zero-order valence-corrected chi connectivity index (χ0v) is 14.9. The Morgan fingerprint density at radius 3 is 2.17 bits per heavy atom. The van der Waals surface area contributed by atoms with Gasteiger partial charge in [-0.25, -0.2) is 0 Å². The fraction of sp³-hybridized carbons (Fsp3) is 0.824. The van der Waals surface area contributed by atoms with Crippen LogP contribution in [0.1, 0.15) is 45.4 Å². The SMILES string of the molecule is CCC(=O)CCCCCC(=O)COCCOCCNC(=O)COC. The zero-order chi connectivity index (χ0) is 18.0. The molecule has 0 spiro atoms. The molecule has 0 bridgehead atoms. The molecule has 0 unspecified atom stereocenters. The van der Waals surface area contributed by atoms with Crippen molar-refractivity contribution in [1.29, 1.82) is 0 Å². The fourth-order valence-corrected chi connectivity index (χ4v) is 1.92. The number of ketones is 2. The molecular weight excluding hydrogens is 314 g/mol. The van der Waals surface area contributed by atoms with E-state index < -0.39 is 0 Å². The van der Waals surface area contributed by atoms with Crippen LogP contribution in [0.2, 0.25) is 0 Å². The molecule has 0 aromatic carbocycles. The summed E-state index contributed by atoms with van der Waals surface area (Å²) < 4.78 is 15.2. The Hall–Kier alpha value is -1.31. The number of ether oxygens (including phenoxy) is 3. The Morgan fingerprint density at radius 2 is 1.50 bits per heavy atom. The van der Waals surface area contributed by atoms with Crippen LogP contribution in [0.15, 0.2) is 0 Å². The third-order valence-corrected chi connectivity index (χ3v) is 3.28. The molecule has 0 aromatic rings. The molecule has 0 aliphatic carbocycles. The minimum Gasteiger partial charge on any atom is -0.377 e. The minimum absolute atomic E-state index is 0.0418. The van der Waals surface area contributed by atoms with E-state index >= 15 is 0 Å². The number of hydrogen-bond donors (Lipinski definition) is 1. The number of nitrogens with one attached hydrogen (secondary N) is 1. The summed E-state index contributed by atoms with van der Waals surface area (Å²) in [4.78, 5) is 33.7. The highest BCUT2D eigenvalue weighted by Crippen LogP contribution is 2.05. The molecule has 24 heavy (non-hydrogen) atoms. The first-order chi connectivity index (χ1) is 11.6. The molecule has 7 heteroatoms. The lowest BCUT2D eigenvalue weighted by molar-refractivity contribution is -0.126. The van der Waals surface area contributed by atoms with Gasteiger partial charge in [0.2, 0.25) is 5.91 Å². The van der Waals surface area contributed by atoms with Crippen LogP contribution < -0.4 is 5.32 Å². The van der Waals surface area contributed by atoms with Crippen LogP contribution in [-0.4, -0.2) is 64.2 Å². The van der Waals surface area contributed by atoms with Gasteiger partial charge in [0, 0.05) is 32.9 Å². The van der Waals surface area contributed by atoms with E-state index in [1.807, 2.05) is 6.92 Å². The van der Waals surface area contributed by atoms with Gasteiger partial charge in [-0.1, -0.05) is 13.3 Å². The van der Waals surface area contributed by atoms with E-state index in [0.717, 1.165) is 19.3 Å². The van der Waals surface area contributed by atoms with E-state index in [9.17, 15) is 14.4 Å². The summed E-state index contributed by atoms with van der Waals surface area (Å²) in [7, 11) is 1.46. The van der Waals surface area contributed by atoms with Crippen LogP contribution in [-0.2, 0) is 28.6 Å². The number of unbranched alkanes of at least 4 members (excludes halogenated alkanes) is 2. The van der Waals surface area contributed by atoms with E-state index in [2.05, 4.69) is 10.1 Å². The molecule has 0 saturated carbocycles. The second-order valence-corrected chi connectivity index (χ2v) is 5.44.